The van der Waals surface area contributed by atoms with Crippen molar-refractivity contribution in [1.82, 2.24) is 5.32 Å². The van der Waals surface area contributed by atoms with Crippen LogP contribution in [0.1, 0.15) is 37.7 Å². The van der Waals surface area contributed by atoms with Crippen LogP contribution in [0.3, 0.4) is 0 Å². The fraction of sp³-hybridized carbons (Fsp3) is 0.435. The lowest BCUT2D eigenvalue weighted by atomic mass is 9.66. The van der Waals surface area contributed by atoms with Crippen LogP contribution in [0, 0.1) is 17.6 Å². The highest BCUT2D eigenvalue weighted by Crippen LogP contribution is 2.38. The predicted molar refractivity (Wildman–Crippen MR) is 122 cm³/mol. The van der Waals surface area contributed by atoms with Crippen molar-refractivity contribution in [3.8, 4) is 11.1 Å². The molecule has 1 atom stereocenters. The maximum atomic E-state index is 14.6. The van der Waals surface area contributed by atoms with Gasteiger partial charge in [-0.15, -0.1) is 0 Å². The smallest absolute Gasteiger partial charge is 0.323 e. The van der Waals surface area contributed by atoms with E-state index in [9.17, 15) is 18.7 Å². The van der Waals surface area contributed by atoms with Gasteiger partial charge in [-0.3, -0.25) is 4.79 Å². The summed E-state index contributed by atoms with van der Waals surface area (Å²) in [5.41, 5.74) is 5.99. The fourth-order valence-corrected chi connectivity index (χ4v) is 4.32. The van der Waals surface area contributed by atoms with Crippen molar-refractivity contribution in [3.05, 3.63) is 58.6 Å². The topological polar surface area (TPSA) is 75.4 Å². The Kier molecular flexibility index (Phi) is 7.73. The number of carboxylic acid groups (broad SMARTS) is 1. The van der Waals surface area contributed by atoms with Crippen molar-refractivity contribution >= 4 is 25.4 Å². The van der Waals surface area contributed by atoms with Gasteiger partial charge in [0.1, 0.15) is 13.4 Å². The van der Waals surface area contributed by atoms with Gasteiger partial charge in [-0.1, -0.05) is 55.0 Å². The number of nitrogens with two attached hydrogens (primary N) is 1. The first-order valence-electron chi connectivity index (χ1n) is 10.7. The average Bonchev–Trinajstić information content (AvgIpc) is 2.71. The Labute approximate surface area is 187 Å². The summed E-state index contributed by atoms with van der Waals surface area (Å²) in [7, 11) is 2.06. The number of hydrogen-bond acceptors (Lipinski definition) is 3. The van der Waals surface area contributed by atoms with Crippen molar-refractivity contribution in [2.24, 2.45) is 11.7 Å². The van der Waals surface area contributed by atoms with Gasteiger partial charge in [-0.05, 0) is 42.9 Å². The molecule has 0 bridgehead atoms. The van der Waals surface area contributed by atoms with Crippen molar-refractivity contribution < 1.29 is 18.7 Å². The minimum absolute atomic E-state index is 0.0388. The molecule has 2 aromatic carbocycles. The first-order chi connectivity index (χ1) is 14.8. The molecule has 0 aliphatic heterocycles. The molecule has 1 unspecified atom stereocenters. The summed E-state index contributed by atoms with van der Waals surface area (Å²) in [6, 6.07) is 9.73. The van der Waals surface area contributed by atoms with E-state index in [2.05, 4.69) is 13.2 Å². The summed E-state index contributed by atoms with van der Waals surface area (Å²) in [6.45, 7) is 0.168. The Morgan fingerprint density at radius 3 is 2.45 bits per heavy atom. The maximum Gasteiger partial charge on any atom is 0.323 e. The highest BCUT2D eigenvalue weighted by atomic mass is 35.5. The SMILES string of the molecule is BCCCCC(N)(C(=O)O)[C@H]1C[C@@H](NCc2ccc(-c3ccc(Cl)cc3)c(F)c2F)C1. The zero-order valence-corrected chi connectivity index (χ0v) is 18.4. The summed E-state index contributed by atoms with van der Waals surface area (Å²) >= 11 is 5.86. The van der Waals surface area contributed by atoms with Gasteiger partial charge in [0.15, 0.2) is 11.6 Å². The van der Waals surface area contributed by atoms with Crippen LogP contribution in [-0.2, 0) is 11.3 Å². The van der Waals surface area contributed by atoms with Gasteiger partial charge in [0.2, 0.25) is 0 Å². The van der Waals surface area contributed by atoms with E-state index in [0.717, 1.165) is 19.2 Å². The van der Waals surface area contributed by atoms with E-state index in [4.69, 9.17) is 17.3 Å². The van der Waals surface area contributed by atoms with Crippen LogP contribution in [0.15, 0.2) is 36.4 Å². The highest BCUT2D eigenvalue weighted by Gasteiger charge is 2.47. The lowest BCUT2D eigenvalue weighted by molar-refractivity contribution is -0.148. The number of nitrogens with one attached hydrogen (secondary N) is 1. The van der Waals surface area contributed by atoms with E-state index in [1.165, 1.54) is 0 Å². The van der Waals surface area contributed by atoms with Crippen LogP contribution in [0.25, 0.3) is 11.1 Å². The second-order valence-corrected chi connectivity index (χ2v) is 8.89. The molecule has 1 aliphatic rings. The molecule has 0 heterocycles. The second-order valence-electron chi connectivity index (χ2n) is 8.46. The Bertz CT molecular complexity index is 923. The third-order valence-electron chi connectivity index (χ3n) is 6.36. The molecule has 0 radical (unpaired) electrons. The molecule has 31 heavy (non-hydrogen) atoms. The minimum Gasteiger partial charge on any atom is -0.480 e. The molecular formula is C23H28BClF2N2O2. The average molecular weight is 449 g/mol. The number of aliphatic carboxylic acids is 1. The van der Waals surface area contributed by atoms with Gasteiger partial charge in [-0.25, -0.2) is 8.78 Å². The Balaban J connectivity index is 1.58. The van der Waals surface area contributed by atoms with Gasteiger partial charge in [0.25, 0.3) is 0 Å². The molecule has 1 aliphatic carbocycles. The molecule has 4 N–H and O–H groups in total. The lowest BCUT2D eigenvalue weighted by Crippen LogP contribution is -2.61. The first-order valence-corrected chi connectivity index (χ1v) is 11.1. The molecule has 2 aromatic rings. The third-order valence-corrected chi connectivity index (χ3v) is 6.61. The van der Waals surface area contributed by atoms with E-state index >= 15 is 0 Å². The Morgan fingerprint density at radius 2 is 1.84 bits per heavy atom. The van der Waals surface area contributed by atoms with Gasteiger partial charge in [0, 0.05) is 28.7 Å². The Morgan fingerprint density at radius 1 is 1.16 bits per heavy atom. The van der Waals surface area contributed by atoms with Gasteiger partial charge < -0.3 is 16.2 Å². The van der Waals surface area contributed by atoms with Gasteiger partial charge in [0.05, 0.1) is 0 Å². The minimum atomic E-state index is -1.22. The predicted octanol–water partition coefficient (Wildman–Crippen LogP) is 4.16. The standard InChI is InChI=1S/C23H28BClF2N2O2/c24-10-2-1-9-23(28,22(30)31)16-11-18(12-16)29-13-15-5-8-19(21(27)20(15)26)14-3-6-17(25)7-4-14/h3-8,16,18,29H,1-2,9-13,24,28H2,(H,30,31)/t16-,18+,23?. The number of unbranched alkanes of at least 4 members (excludes halogenated alkanes) is 1. The van der Waals surface area contributed by atoms with Crippen LogP contribution in [-0.4, -0.2) is 30.5 Å². The number of rotatable bonds is 10. The van der Waals surface area contributed by atoms with E-state index in [0.29, 0.717) is 29.8 Å². The number of hydrogen-bond donors (Lipinski definition) is 3. The zero-order valence-electron chi connectivity index (χ0n) is 17.6. The fourth-order valence-electron chi connectivity index (χ4n) is 4.19. The number of carbonyl (C=O) groups is 1. The highest BCUT2D eigenvalue weighted by molar-refractivity contribution is 6.30. The quantitative estimate of drug-likeness (QED) is 0.377. The monoisotopic (exact) mass is 448 g/mol. The lowest BCUT2D eigenvalue weighted by Gasteiger charge is -2.45. The Hall–Kier alpha value is -1.96. The summed E-state index contributed by atoms with van der Waals surface area (Å²) in [5.74, 6) is -2.85. The number of halogens is 3. The summed E-state index contributed by atoms with van der Waals surface area (Å²) in [4.78, 5) is 11.7. The molecule has 166 valence electrons. The van der Waals surface area contributed by atoms with Gasteiger partial charge >= 0.3 is 5.97 Å². The molecule has 0 saturated heterocycles. The van der Waals surface area contributed by atoms with Crippen LogP contribution >= 0.6 is 11.6 Å². The van der Waals surface area contributed by atoms with E-state index in [1.807, 2.05) is 0 Å². The maximum absolute atomic E-state index is 14.6. The van der Waals surface area contributed by atoms with Crippen molar-refractivity contribution in [2.75, 3.05) is 0 Å². The molecule has 1 saturated carbocycles. The van der Waals surface area contributed by atoms with E-state index in [1.54, 1.807) is 36.4 Å². The van der Waals surface area contributed by atoms with E-state index in [-0.39, 0.29) is 29.6 Å². The van der Waals surface area contributed by atoms with Crippen LogP contribution in [0.4, 0.5) is 8.78 Å². The van der Waals surface area contributed by atoms with E-state index < -0.39 is 23.1 Å². The number of benzene rings is 2. The normalized spacial score (nSPS) is 20.1. The van der Waals surface area contributed by atoms with Crippen molar-refractivity contribution in [3.63, 3.8) is 0 Å². The molecule has 1 fully saturated rings. The largest absolute Gasteiger partial charge is 0.480 e. The molecule has 4 nitrogen and oxygen atoms in total. The molecule has 0 amide bonds. The summed E-state index contributed by atoms with van der Waals surface area (Å²) in [5, 5.41) is 13.4. The van der Waals surface area contributed by atoms with Crippen LogP contribution in [0.2, 0.25) is 11.3 Å². The summed E-state index contributed by atoms with van der Waals surface area (Å²) < 4.78 is 29.2. The van der Waals surface area contributed by atoms with Gasteiger partial charge in [-0.2, -0.15) is 0 Å². The third kappa shape index (κ3) is 5.28. The van der Waals surface area contributed by atoms with Crippen molar-refractivity contribution in [2.45, 2.75) is 56.5 Å². The zero-order chi connectivity index (χ0) is 22.6. The van der Waals surface area contributed by atoms with Crippen LogP contribution < -0.4 is 11.1 Å². The molecule has 3 rings (SSSR count). The molecular weight excluding hydrogens is 421 g/mol. The molecule has 0 aromatic heterocycles. The molecule has 8 heteroatoms. The van der Waals surface area contributed by atoms with Crippen LogP contribution in [0.5, 0.6) is 0 Å². The molecule has 0 spiro atoms. The van der Waals surface area contributed by atoms with Crippen molar-refractivity contribution in [1.29, 1.82) is 0 Å². The summed E-state index contributed by atoms with van der Waals surface area (Å²) in [6.07, 6.45) is 4.43. The second kappa shape index (κ2) is 10.1. The number of carboxylic acids is 1. The first kappa shape index (κ1) is 23.7.